The molecule has 0 aliphatic heterocycles. The summed E-state index contributed by atoms with van der Waals surface area (Å²) in [6.07, 6.45) is 6.48. The molecule has 0 unspecified atom stereocenters. The molecule has 1 aliphatic carbocycles. The predicted octanol–water partition coefficient (Wildman–Crippen LogP) is 4.98. The molecule has 0 spiro atoms. The van der Waals surface area contributed by atoms with Crippen molar-refractivity contribution in [3.8, 4) is 22.8 Å². The van der Waals surface area contributed by atoms with Gasteiger partial charge in [0.15, 0.2) is 0 Å². The standard InChI is InChI=1S/C25H33N5O2/c1-16(2)29-18(4)23(30(25(29)31)20-7-6-8-21(15-20)32-5)22-13-14-26-24(28-22)27-19-11-9-17(3)10-12-19/h6-8,13-17,19H,9-12H2,1-5H3,(H,26,27,28). The van der Waals surface area contributed by atoms with E-state index in [1.165, 1.54) is 12.8 Å². The van der Waals surface area contributed by atoms with Crippen molar-refractivity contribution in [2.75, 3.05) is 12.4 Å². The Bertz CT molecular complexity index is 1140. The second kappa shape index (κ2) is 9.18. The molecule has 1 aliphatic rings. The lowest BCUT2D eigenvalue weighted by atomic mass is 9.87. The van der Waals surface area contributed by atoms with Crippen LogP contribution in [0.3, 0.4) is 0 Å². The number of hydrogen-bond donors (Lipinski definition) is 1. The number of aromatic nitrogens is 4. The average Bonchev–Trinajstić information content (AvgIpc) is 3.05. The van der Waals surface area contributed by atoms with Gasteiger partial charge in [-0.1, -0.05) is 13.0 Å². The number of imidazole rings is 1. The van der Waals surface area contributed by atoms with Gasteiger partial charge < -0.3 is 10.1 Å². The molecule has 0 saturated heterocycles. The van der Waals surface area contributed by atoms with Crippen molar-refractivity contribution in [3.63, 3.8) is 0 Å². The summed E-state index contributed by atoms with van der Waals surface area (Å²) >= 11 is 0. The zero-order chi connectivity index (χ0) is 22.8. The Hall–Kier alpha value is -3.09. The largest absolute Gasteiger partial charge is 0.497 e. The number of anilines is 1. The number of benzene rings is 1. The summed E-state index contributed by atoms with van der Waals surface area (Å²) in [6.45, 7) is 8.33. The van der Waals surface area contributed by atoms with Crippen LogP contribution >= 0.6 is 0 Å². The van der Waals surface area contributed by atoms with Crippen molar-refractivity contribution in [1.82, 2.24) is 19.1 Å². The first kappa shape index (κ1) is 22.1. The van der Waals surface area contributed by atoms with E-state index in [-0.39, 0.29) is 11.7 Å². The molecule has 170 valence electrons. The smallest absolute Gasteiger partial charge is 0.333 e. The summed E-state index contributed by atoms with van der Waals surface area (Å²) in [4.78, 5) is 22.8. The Morgan fingerprint density at radius 2 is 1.91 bits per heavy atom. The highest BCUT2D eigenvalue weighted by atomic mass is 16.5. The summed E-state index contributed by atoms with van der Waals surface area (Å²) in [5.41, 5.74) is 3.04. The van der Waals surface area contributed by atoms with Crippen LogP contribution in [0.25, 0.3) is 17.1 Å². The average molecular weight is 436 g/mol. The van der Waals surface area contributed by atoms with Gasteiger partial charge in [0.1, 0.15) is 5.75 Å². The Morgan fingerprint density at radius 1 is 1.16 bits per heavy atom. The normalized spacial score (nSPS) is 18.7. The summed E-state index contributed by atoms with van der Waals surface area (Å²) in [5, 5.41) is 3.52. The van der Waals surface area contributed by atoms with E-state index in [1.807, 2.05) is 55.7 Å². The Labute approximate surface area is 189 Å². The van der Waals surface area contributed by atoms with Crippen LogP contribution in [0, 0.1) is 12.8 Å². The molecule has 0 bridgehead atoms. The molecule has 32 heavy (non-hydrogen) atoms. The van der Waals surface area contributed by atoms with Crippen molar-refractivity contribution in [2.24, 2.45) is 5.92 Å². The van der Waals surface area contributed by atoms with Gasteiger partial charge in [-0.15, -0.1) is 0 Å². The molecular formula is C25H33N5O2. The van der Waals surface area contributed by atoms with Crippen LogP contribution in [0.15, 0.2) is 41.3 Å². The molecule has 7 heteroatoms. The van der Waals surface area contributed by atoms with Crippen LogP contribution in [0.1, 0.15) is 58.2 Å². The molecule has 1 N–H and O–H groups in total. The van der Waals surface area contributed by atoms with Crippen LogP contribution in [0.5, 0.6) is 5.75 Å². The fourth-order valence-corrected chi connectivity index (χ4v) is 4.67. The van der Waals surface area contributed by atoms with Gasteiger partial charge in [-0.05, 0) is 70.6 Å². The van der Waals surface area contributed by atoms with Crippen molar-refractivity contribution >= 4 is 5.95 Å². The number of nitrogens with one attached hydrogen (secondary N) is 1. The predicted molar refractivity (Wildman–Crippen MR) is 128 cm³/mol. The first-order valence-electron chi connectivity index (χ1n) is 11.5. The monoisotopic (exact) mass is 435 g/mol. The number of ether oxygens (including phenoxy) is 1. The van der Waals surface area contributed by atoms with Crippen LogP contribution in [0.2, 0.25) is 0 Å². The summed E-state index contributed by atoms with van der Waals surface area (Å²) in [5.74, 6) is 2.10. The topological polar surface area (TPSA) is 74.0 Å². The van der Waals surface area contributed by atoms with Crippen molar-refractivity contribution < 1.29 is 4.74 Å². The second-order valence-electron chi connectivity index (χ2n) is 9.08. The lowest BCUT2D eigenvalue weighted by molar-refractivity contribution is 0.360. The first-order chi connectivity index (χ1) is 15.4. The summed E-state index contributed by atoms with van der Waals surface area (Å²) in [7, 11) is 1.63. The van der Waals surface area contributed by atoms with Crippen molar-refractivity contribution in [3.05, 3.63) is 52.7 Å². The summed E-state index contributed by atoms with van der Waals surface area (Å²) < 4.78 is 8.94. The van der Waals surface area contributed by atoms with Crippen LogP contribution in [-0.2, 0) is 0 Å². The molecule has 2 heterocycles. The van der Waals surface area contributed by atoms with Crippen molar-refractivity contribution in [1.29, 1.82) is 0 Å². The highest BCUT2D eigenvalue weighted by Gasteiger charge is 2.23. The van der Waals surface area contributed by atoms with E-state index >= 15 is 0 Å². The molecule has 7 nitrogen and oxygen atoms in total. The number of rotatable bonds is 6. The quantitative estimate of drug-likeness (QED) is 0.591. The Morgan fingerprint density at radius 3 is 2.59 bits per heavy atom. The molecule has 4 rings (SSSR count). The van der Waals surface area contributed by atoms with Gasteiger partial charge in [0.2, 0.25) is 5.95 Å². The van der Waals surface area contributed by atoms with E-state index in [0.29, 0.717) is 17.7 Å². The molecule has 0 radical (unpaired) electrons. The molecule has 3 aromatic rings. The lowest BCUT2D eigenvalue weighted by Crippen LogP contribution is -2.26. The third kappa shape index (κ3) is 4.29. The first-order valence-corrected chi connectivity index (χ1v) is 11.5. The lowest BCUT2D eigenvalue weighted by Gasteiger charge is -2.26. The number of methoxy groups -OCH3 is 1. The maximum atomic E-state index is 13.5. The molecule has 0 atom stereocenters. The fraction of sp³-hybridized carbons (Fsp3) is 0.480. The van der Waals surface area contributed by atoms with Gasteiger partial charge in [-0.2, -0.15) is 0 Å². The van der Waals surface area contributed by atoms with Crippen molar-refractivity contribution in [2.45, 2.75) is 65.5 Å². The van der Waals surface area contributed by atoms with E-state index in [1.54, 1.807) is 17.9 Å². The molecule has 1 saturated carbocycles. The highest BCUT2D eigenvalue weighted by Crippen LogP contribution is 2.29. The molecule has 2 aromatic heterocycles. The summed E-state index contributed by atoms with van der Waals surface area (Å²) in [6, 6.07) is 9.85. The van der Waals surface area contributed by atoms with Gasteiger partial charge >= 0.3 is 5.69 Å². The third-order valence-corrected chi connectivity index (χ3v) is 6.40. The van der Waals surface area contributed by atoms with Crippen LogP contribution in [-0.4, -0.2) is 32.3 Å². The van der Waals surface area contributed by atoms with Gasteiger partial charge in [-0.3, -0.25) is 9.13 Å². The second-order valence-corrected chi connectivity index (χ2v) is 9.08. The number of hydrogen-bond acceptors (Lipinski definition) is 5. The van der Waals surface area contributed by atoms with Gasteiger partial charge in [-0.25, -0.2) is 14.8 Å². The maximum absolute atomic E-state index is 13.5. The highest BCUT2D eigenvalue weighted by molar-refractivity contribution is 5.63. The third-order valence-electron chi connectivity index (χ3n) is 6.40. The molecular weight excluding hydrogens is 402 g/mol. The SMILES string of the molecule is COc1cccc(-n2c(-c3ccnc(NC4CCC(C)CC4)n3)c(C)n(C(C)C)c2=O)c1. The van der Waals surface area contributed by atoms with Gasteiger partial charge in [0.05, 0.1) is 24.2 Å². The molecule has 1 aromatic carbocycles. The minimum absolute atomic E-state index is 0.0248. The minimum Gasteiger partial charge on any atom is -0.497 e. The molecule has 1 fully saturated rings. The van der Waals surface area contributed by atoms with E-state index in [0.717, 1.165) is 41.5 Å². The zero-order valence-corrected chi connectivity index (χ0v) is 19.6. The van der Waals surface area contributed by atoms with Gasteiger partial charge in [0, 0.05) is 30.0 Å². The fourth-order valence-electron chi connectivity index (χ4n) is 4.67. The number of nitrogens with zero attached hydrogens (tertiary/aromatic N) is 4. The maximum Gasteiger partial charge on any atom is 0.333 e. The zero-order valence-electron chi connectivity index (χ0n) is 19.6. The van der Waals surface area contributed by atoms with Gasteiger partial charge in [0.25, 0.3) is 0 Å². The van der Waals surface area contributed by atoms with E-state index in [9.17, 15) is 4.79 Å². The van der Waals surface area contributed by atoms with E-state index < -0.39 is 0 Å². The Balaban J connectivity index is 1.79. The Kier molecular flexibility index (Phi) is 6.35. The van der Waals surface area contributed by atoms with E-state index in [4.69, 9.17) is 9.72 Å². The van der Waals surface area contributed by atoms with E-state index in [2.05, 4.69) is 17.2 Å². The van der Waals surface area contributed by atoms with Crippen LogP contribution < -0.4 is 15.7 Å². The van der Waals surface area contributed by atoms with Crippen LogP contribution in [0.4, 0.5) is 5.95 Å². The minimum atomic E-state index is -0.0878. The molecule has 0 amide bonds.